The lowest BCUT2D eigenvalue weighted by Gasteiger charge is -2.18. The first-order valence-corrected chi connectivity index (χ1v) is 12.5. The minimum absolute atomic E-state index is 0.537. The smallest absolute Gasteiger partial charge is 0.0419 e. The van der Waals surface area contributed by atoms with E-state index in [2.05, 4.69) is 96.9 Å². The van der Waals surface area contributed by atoms with Crippen LogP contribution in [0.15, 0.2) is 78.6 Å². The molecule has 0 saturated heterocycles. The predicted octanol–water partition coefficient (Wildman–Crippen LogP) is 9.59. The maximum Gasteiger partial charge on any atom is 0.0419 e. The number of hydrogen-bond acceptors (Lipinski definition) is 1. The maximum absolute atomic E-state index is 4.34. The van der Waals surface area contributed by atoms with Gasteiger partial charge in [0.2, 0.25) is 0 Å². The van der Waals surface area contributed by atoms with Crippen LogP contribution in [0.5, 0.6) is 0 Å². The van der Waals surface area contributed by atoms with Gasteiger partial charge in [0.1, 0.15) is 0 Å². The van der Waals surface area contributed by atoms with Gasteiger partial charge in [-0.25, -0.2) is 0 Å². The third kappa shape index (κ3) is 9.90. The summed E-state index contributed by atoms with van der Waals surface area (Å²) in [4.78, 5) is 0. The van der Waals surface area contributed by atoms with E-state index in [0.29, 0.717) is 11.8 Å². The molecule has 1 rings (SSSR count). The van der Waals surface area contributed by atoms with Crippen LogP contribution in [0.3, 0.4) is 0 Å². The summed E-state index contributed by atoms with van der Waals surface area (Å²) < 4.78 is 0. The van der Waals surface area contributed by atoms with Gasteiger partial charge in [0, 0.05) is 11.4 Å². The molecule has 32 heavy (non-hydrogen) atoms. The lowest BCUT2D eigenvalue weighted by atomic mass is 9.95. The van der Waals surface area contributed by atoms with Crippen molar-refractivity contribution in [3.05, 3.63) is 89.7 Å². The highest BCUT2D eigenvalue weighted by Crippen LogP contribution is 2.25. The molecule has 176 valence electrons. The molecule has 0 bridgehead atoms. The lowest BCUT2D eigenvalue weighted by molar-refractivity contribution is 0.502. The third-order valence-electron chi connectivity index (χ3n) is 6.34. The Morgan fingerprint density at radius 3 is 2.38 bits per heavy atom. The van der Waals surface area contributed by atoms with Crippen LogP contribution in [0.2, 0.25) is 0 Å². The van der Waals surface area contributed by atoms with E-state index in [1.165, 1.54) is 46.4 Å². The first-order valence-electron chi connectivity index (χ1n) is 12.5. The molecule has 1 N–H and O–H groups in total. The molecular formula is C31H47N. The van der Waals surface area contributed by atoms with E-state index in [1.54, 1.807) is 0 Å². The van der Waals surface area contributed by atoms with Crippen molar-refractivity contribution in [3.63, 3.8) is 0 Å². The Bertz CT molecular complexity index is 819. The van der Waals surface area contributed by atoms with Crippen molar-refractivity contribution in [3.8, 4) is 0 Å². The number of hydrogen-bond donors (Lipinski definition) is 1. The van der Waals surface area contributed by atoms with Gasteiger partial charge < -0.3 is 5.32 Å². The van der Waals surface area contributed by atoms with Gasteiger partial charge in [-0.1, -0.05) is 96.7 Å². The van der Waals surface area contributed by atoms with Gasteiger partial charge in [-0.05, 0) is 85.6 Å². The molecule has 0 aromatic heterocycles. The molecule has 0 amide bonds. The van der Waals surface area contributed by atoms with Gasteiger partial charge in [-0.3, -0.25) is 0 Å². The summed E-state index contributed by atoms with van der Waals surface area (Å²) in [5.41, 5.74) is 8.65. The number of rotatable bonds is 15. The van der Waals surface area contributed by atoms with Gasteiger partial charge in [0.15, 0.2) is 0 Å². The van der Waals surface area contributed by atoms with Crippen LogP contribution >= 0.6 is 0 Å². The number of nitrogens with one attached hydrogen (secondary N) is 1. The molecule has 0 saturated carbocycles. The molecule has 1 unspecified atom stereocenters. The third-order valence-corrected chi connectivity index (χ3v) is 6.34. The van der Waals surface area contributed by atoms with Crippen molar-refractivity contribution < 1.29 is 0 Å². The topological polar surface area (TPSA) is 12.0 Å². The minimum atomic E-state index is 0.537. The van der Waals surface area contributed by atoms with Crippen LogP contribution in [0.1, 0.15) is 84.8 Å². The monoisotopic (exact) mass is 433 g/mol. The summed E-state index contributed by atoms with van der Waals surface area (Å²) in [5, 5.41) is 3.65. The van der Waals surface area contributed by atoms with Crippen molar-refractivity contribution in [2.45, 2.75) is 86.5 Å². The molecule has 0 fully saturated rings. The van der Waals surface area contributed by atoms with Gasteiger partial charge in [-0.2, -0.15) is 0 Å². The highest BCUT2D eigenvalue weighted by Gasteiger charge is 2.09. The Morgan fingerprint density at radius 1 is 1.06 bits per heavy atom. The average Bonchev–Trinajstić information content (AvgIpc) is 2.77. The van der Waals surface area contributed by atoms with Gasteiger partial charge in [0.25, 0.3) is 0 Å². The fourth-order valence-corrected chi connectivity index (χ4v) is 3.52. The number of allylic oxidation sites excluding steroid dienone is 6. The molecular weight excluding hydrogens is 386 g/mol. The predicted molar refractivity (Wildman–Crippen MR) is 146 cm³/mol. The summed E-state index contributed by atoms with van der Waals surface area (Å²) in [6.07, 6.45) is 14.2. The van der Waals surface area contributed by atoms with E-state index in [9.17, 15) is 0 Å². The molecule has 0 radical (unpaired) electrons. The van der Waals surface area contributed by atoms with Crippen LogP contribution in [-0.4, -0.2) is 0 Å². The van der Waals surface area contributed by atoms with Crippen molar-refractivity contribution >= 4 is 5.69 Å². The molecule has 1 nitrogen and oxygen atoms in total. The van der Waals surface area contributed by atoms with Crippen LogP contribution in [-0.2, 0) is 12.8 Å². The molecule has 0 aliphatic rings. The van der Waals surface area contributed by atoms with Gasteiger partial charge >= 0.3 is 0 Å². The zero-order chi connectivity index (χ0) is 24.1. The average molecular weight is 434 g/mol. The summed E-state index contributed by atoms with van der Waals surface area (Å²) in [7, 11) is 0. The molecule has 0 aliphatic heterocycles. The van der Waals surface area contributed by atoms with Gasteiger partial charge in [0.05, 0.1) is 0 Å². The SMILES string of the molecule is C=C/C(=C\C(=C)CC)CCCc1ccc(CCCC)c(NC(=C)/C(C)=C/C(C)C(C)C)c1. The molecule has 0 aliphatic carbocycles. The lowest BCUT2D eigenvalue weighted by Crippen LogP contribution is -2.06. The molecule has 1 aromatic rings. The molecule has 1 aromatic carbocycles. The van der Waals surface area contributed by atoms with E-state index >= 15 is 0 Å². The van der Waals surface area contributed by atoms with E-state index < -0.39 is 0 Å². The maximum atomic E-state index is 4.34. The van der Waals surface area contributed by atoms with Crippen molar-refractivity contribution in [2.24, 2.45) is 11.8 Å². The molecule has 1 heteroatoms. The second kappa shape index (κ2) is 14.7. The minimum Gasteiger partial charge on any atom is -0.356 e. The first-order chi connectivity index (χ1) is 15.2. The van der Waals surface area contributed by atoms with Crippen LogP contribution in [0.4, 0.5) is 5.69 Å². The Labute approximate surface area is 199 Å². The fourth-order valence-electron chi connectivity index (χ4n) is 3.52. The van der Waals surface area contributed by atoms with Crippen LogP contribution in [0, 0.1) is 11.8 Å². The van der Waals surface area contributed by atoms with E-state index in [1.807, 2.05) is 6.08 Å². The Hall–Kier alpha value is -2.28. The van der Waals surface area contributed by atoms with Crippen molar-refractivity contribution in [1.82, 2.24) is 0 Å². The number of aryl methyl sites for hydroxylation is 2. The first kappa shape index (κ1) is 27.8. The van der Waals surface area contributed by atoms with Crippen LogP contribution in [0.25, 0.3) is 0 Å². The summed E-state index contributed by atoms with van der Waals surface area (Å²) in [5.74, 6) is 1.17. The molecule has 0 spiro atoms. The van der Waals surface area contributed by atoms with E-state index in [0.717, 1.165) is 37.8 Å². The summed E-state index contributed by atoms with van der Waals surface area (Å²) in [6.45, 7) is 25.8. The van der Waals surface area contributed by atoms with E-state index in [4.69, 9.17) is 0 Å². The number of anilines is 1. The normalized spacial score (nSPS) is 13.2. The Balaban J connectivity index is 2.95. The second-order valence-electron chi connectivity index (χ2n) is 9.44. The Kier molecular flexibility index (Phi) is 12.8. The van der Waals surface area contributed by atoms with Gasteiger partial charge in [-0.15, -0.1) is 0 Å². The quantitative estimate of drug-likeness (QED) is 0.271. The standard InChI is InChI=1S/C31H47N/c1-10-13-17-30-19-18-29(16-14-15-28(12-3)20-24(6)11-2)22-31(30)32-27(9)26(8)21-25(7)23(4)5/h12,18-23,25,32H,3,6,9-11,13-17H2,1-2,4-5,7-8H3/b26-21+,28-20+. The summed E-state index contributed by atoms with van der Waals surface area (Å²) >= 11 is 0. The van der Waals surface area contributed by atoms with Crippen molar-refractivity contribution in [2.75, 3.05) is 5.32 Å². The summed E-state index contributed by atoms with van der Waals surface area (Å²) in [6, 6.07) is 6.93. The zero-order valence-electron chi connectivity index (χ0n) is 21.7. The fraction of sp³-hybridized carbons (Fsp3) is 0.484. The van der Waals surface area contributed by atoms with E-state index in [-0.39, 0.29) is 0 Å². The van der Waals surface area contributed by atoms with Crippen LogP contribution < -0.4 is 5.32 Å². The molecule has 1 atom stereocenters. The highest BCUT2D eigenvalue weighted by molar-refractivity contribution is 5.59. The van der Waals surface area contributed by atoms with Crippen molar-refractivity contribution in [1.29, 1.82) is 0 Å². The number of unbranched alkanes of at least 4 members (excludes halogenated alkanes) is 1. The zero-order valence-corrected chi connectivity index (χ0v) is 21.7. The largest absolute Gasteiger partial charge is 0.356 e. The Morgan fingerprint density at radius 2 is 1.78 bits per heavy atom. The highest BCUT2D eigenvalue weighted by atomic mass is 14.9. The number of benzene rings is 1. The second-order valence-corrected chi connectivity index (χ2v) is 9.44. The molecule has 0 heterocycles.